The number of hydrogen-bond donors (Lipinski definition) is 0. The zero-order valence-corrected chi connectivity index (χ0v) is 9.01. The molecule has 0 aliphatic rings. The summed E-state index contributed by atoms with van der Waals surface area (Å²) in [6.45, 7) is 1.88. The number of hydrogen-bond acceptors (Lipinski definition) is 4. The molecule has 5 heteroatoms. The smallest absolute Gasteiger partial charge is 0.222 e. The third-order valence-electron chi connectivity index (χ3n) is 2.01. The highest BCUT2D eigenvalue weighted by Crippen LogP contribution is 2.19. The van der Waals surface area contributed by atoms with E-state index in [9.17, 15) is 0 Å². The van der Waals surface area contributed by atoms with Crippen molar-refractivity contribution in [2.24, 2.45) is 7.05 Å². The molecule has 0 atom stereocenters. The minimum absolute atomic E-state index is 0.330. The van der Waals surface area contributed by atoms with E-state index in [2.05, 4.69) is 10.1 Å². The summed E-state index contributed by atoms with van der Waals surface area (Å²) in [5.41, 5.74) is 1.20. The molecule has 80 valence electrons. The van der Waals surface area contributed by atoms with Crippen LogP contribution in [0.5, 0.6) is 11.8 Å². The van der Waals surface area contributed by atoms with Crippen molar-refractivity contribution >= 4 is 0 Å². The average molecular weight is 214 g/mol. The van der Waals surface area contributed by atoms with E-state index in [-0.39, 0.29) is 0 Å². The summed E-state index contributed by atoms with van der Waals surface area (Å²) in [6.07, 6.45) is 0. The van der Waals surface area contributed by atoms with Gasteiger partial charge < -0.3 is 4.74 Å². The summed E-state index contributed by atoms with van der Waals surface area (Å²) in [6, 6.07) is 8.82. The van der Waals surface area contributed by atoms with Gasteiger partial charge in [-0.05, 0) is 13.0 Å². The van der Waals surface area contributed by atoms with Crippen molar-refractivity contribution in [3.8, 4) is 17.8 Å². The van der Waals surface area contributed by atoms with Gasteiger partial charge >= 0.3 is 0 Å². The molecule has 0 bridgehead atoms. The van der Waals surface area contributed by atoms with Gasteiger partial charge in [0.25, 0.3) is 0 Å². The molecule has 16 heavy (non-hydrogen) atoms. The van der Waals surface area contributed by atoms with Gasteiger partial charge in [0.2, 0.25) is 11.8 Å². The van der Waals surface area contributed by atoms with Gasteiger partial charge in [-0.1, -0.05) is 6.07 Å². The standard InChI is InChI=1S/C11H10N4O/c1-8-6-11(15(2)14-8)16-10-5-3-4-9(7-12)13-10/h3-6H,1-2H3. The highest BCUT2D eigenvalue weighted by molar-refractivity contribution is 5.27. The SMILES string of the molecule is Cc1cc(Oc2cccc(C#N)n2)n(C)n1. The largest absolute Gasteiger partial charge is 0.421 e. The lowest BCUT2D eigenvalue weighted by Crippen LogP contribution is -1.96. The Morgan fingerprint density at radius 3 is 2.88 bits per heavy atom. The molecule has 5 nitrogen and oxygen atoms in total. The molecule has 0 saturated carbocycles. The van der Waals surface area contributed by atoms with Gasteiger partial charge in [-0.3, -0.25) is 0 Å². The van der Waals surface area contributed by atoms with Gasteiger partial charge in [0.15, 0.2) is 0 Å². The lowest BCUT2D eigenvalue weighted by molar-refractivity contribution is 0.415. The van der Waals surface area contributed by atoms with Gasteiger partial charge in [0, 0.05) is 19.2 Å². The second kappa shape index (κ2) is 4.03. The maximum atomic E-state index is 8.70. The molecule has 2 heterocycles. The van der Waals surface area contributed by atoms with Gasteiger partial charge in [0.05, 0.1) is 5.69 Å². The Hall–Kier alpha value is -2.35. The second-order valence-corrected chi connectivity index (χ2v) is 3.32. The van der Waals surface area contributed by atoms with Crippen molar-refractivity contribution in [3.05, 3.63) is 35.7 Å². The van der Waals surface area contributed by atoms with Crippen LogP contribution in [0.2, 0.25) is 0 Å². The lowest BCUT2D eigenvalue weighted by atomic mass is 10.4. The summed E-state index contributed by atoms with van der Waals surface area (Å²) in [4.78, 5) is 4.01. The predicted octanol–water partition coefficient (Wildman–Crippen LogP) is 1.79. The molecule has 0 spiro atoms. The Bertz CT molecular complexity index is 553. The van der Waals surface area contributed by atoms with Crippen LogP contribution in [0, 0.1) is 18.3 Å². The van der Waals surface area contributed by atoms with Crippen molar-refractivity contribution in [3.63, 3.8) is 0 Å². The monoisotopic (exact) mass is 214 g/mol. The van der Waals surface area contributed by atoms with Crippen LogP contribution in [0.1, 0.15) is 11.4 Å². The summed E-state index contributed by atoms with van der Waals surface area (Å²) in [5.74, 6) is 0.988. The van der Waals surface area contributed by atoms with E-state index in [1.807, 2.05) is 13.0 Å². The first-order chi connectivity index (χ1) is 7.69. The van der Waals surface area contributed by atoms with Crippen molar-refractivity contribution in [1.29, 1.82) is 5.26 Å². The fourth-order valence-corrected chi connectivity index (χ4v) is 1.32. The quantitative estimate of drug-likeness (QED) is 0.764. The van der Waals surface area contributed by atoms with E-state index in [1.54, 1.807) is 36.0 Å². The van der Waals surface area contributed by atoms with Crippen LogP contribution in [-0.4, -0.2) is 14.8 Å². The van der Waals surface area contributed by atoms with E-state index < -0.39 is 0 Å². The van der Waals surface area contributed by atoms with Crippen molar-refractivity contribution in [1.82, 2.24) is 14.8 Å². The summed E-state index contributed by atoms with van der Waals surface area (Å²) < 4.78 is 7.13. The molecule has 2 aromatic rings. The van der Waals surface area contributed by atoms with Crippen LogP contribution in [-0.2, 0) is 7.05 Å². The lowest BCUT2D eigenvalue weighted by Gasteiger charge is -2.03. The van der Waals surface area contributed by atoms with Crippen LogP contribution in [0.4, 0.5) is 0 Å². The fraction of sp³-hybridized carbons (Fsp3) is 0.182. The summed E-state index contributed by atoms with van der Waals surface area (Å²) in [7, 11) is 1.79. The molecule has 0 amide bonds. The van der Waals surface area contributed by atoms with Gasteiger partial charge in [-0.2, -0.15) is 10.4 Å². The van der Waals surface area contributed by atoms with E-state index in [0.717, 1.165) is 5.69 Å². The number of pyridine rings is 1. The van der Waals surface area contributed by atoms with E-state index in [0.29, 0.717) is 17.5 Å². The molecular formula is C11H10N4O. The number of aromatic nitrogens is 3. The highest BCUT2D eigenvalue weighted by Gasteiger charge is 2.05. The van der Waals surface area contributed by atoms with Gasteiger partial charge in [0.1, 0.15) is 11.8 Å². The average Bonchev–Trinajstić information content (AvgIpc) is 2.58. The van der Waals surface area contributed by atoms with Crippen LogP contribution < -0.4 is 4.74 Å². The molecule has 0 unspecified atom stereocenters. The maximum Gasteiger partial charge on any atom is 0.222 e. The molecule has 0 aromatic carbocycles. The first kappa shape index (κ1) is 10.2. The van der Waals surface area contributed by atoms with E-state index >= 15 is 0 Å². The summed E-state index contributed by atoms with van der Waals surface area (Å²) >= 11 is 0. The van der Waals surface area contributed by atoms with Crippen LogP contribution in [0.15, 0.2) is 24.3 Å². The first-order valence-corrected chi connectivity index (χ1v) is 4.74. The zero-order chi connectivity index (χ0) is 11.5. The Labute approximate surface area is 92.9 Å². The first-order valence-electron chi connectivity index (χ1n) is 4.74. The minimum Gasteiger partial charge on any atom is -0.421 e. The zero-order valence-electron chi connectivity index (χ0n) is 9.01. The normalized spacial score (nSPS) is 9.81. The number of nitriles is 1. The highest BCUT2D eigenvalue weighted by atomic mass is 16.5. The topological polar surface area (TPSA) is 63.7 Å². The molecular weight excluding hydrogens is 204 g/mol. The molecule has 2 aromatic heterocycles. The Balaban J connectivity index is 2.27. The number of aryl methyl sites for hydroxylation is 2. The van der Waals surface area contributed by atoms with Crippen LogP contribution in [0.25, 0.3) is 0 Å². The molecule has 0 aliphatic carbocycles. The van der Waals surface area contributed by atoms with Crippen molar-refractivity contribution in [2.75, 3.05) is 0 Å². The Morgan fingerprint density at radius 2 is 2.25 bits per heavy atom. The van der Waals surface area contributed by atoms with E-state index in [4.69, 9.17) is 10.00 Å². The minimum atomic E-state index is 0.330. The maximum absolute atomic E-state index is 8.70. The predicted molar refractivity (Wildman–Crippen MR) is 57.0 cm³/mol. The Morgan fingerprint density at radius 1 is 1.44 bits per heavy atom. The Kier molecular flexibility index (Phi) is 2.56. The van der Waals surface area contributed by atoms with Crippen molar-refractivity contribution < 1.29 is 4.74 Å². The molecule has 0 aliphatic heterocycles. The van der Waals surface area contributed by atoms with Gasteiger partial charge in [-0.25, -0.2) is 9.67 Å². The second-order valence-electron chi connectivity index (χ2n) is 3.32. The third kappa shape index (κ3) is 2.01. The molecule has 0 saturated heterocycles. The number of ether oxygens (including phenoxy) is 1. The number of rotatable bonds is 2. The molecule has 0 N–H and O–H groups in total. The summed E-state index contributed by atoms with van der Waals surface area (Å²) in [5, 5.41) is 12.8. The van der Waals surface area contributed by atoms with Crippen molar-refractivity contribution in [2.45, 2.75) is 6.92 Å². The third-order valence-corrected chi connectivity index (χ3v) is 2.01. The fourth-order valence-electron chi connectivity index (χ4n) is 1.32. The van der Waals surface area contributed by atoms with Crippen LogP contribution in [0.3, 0.4) is 0 Å². The molecule has 0 fully saturated rings. The molecule has 2 rings (SSSR count). The number of nitrogens with zero attached hydrogens (tertiary/aromatic N) is 4. The van der Waals surface area contributed by atoms with Gasteiger partial charge in [-0.15, -0.1) is 0 Å². The molecule has 0 radical (unpaired) electrons. The van der Waals surface area contributed by atoms with E-state index in [1.165, 1.54) is 0 Å². The van der Waals surface area contributed by atoms with Crippen LogP contribution >= 0.6 is 0 Å².